The minimum absolute atomic E-state index is 0.0600. The van der Waals surface area contributed by atoms with Gasteiger partial charge in [-0.25, -0.2) is 4.79 Å². The van der Waals surface area contributed by atoms with Crippen molar-refractivity contribution < 1.29 is 14.3 Å². The van der Waals surface area contributed by atoms with Crippen molar-refractivity contribution in [3.63, 3.8) is 0 Å². The molecule has 0 spiro atoms. The molecule has 1 aromatic heterocycles. The number of carbonyl (C=O) groups excluding carboxylic acids is 2. The second-order valence-electron chi connectivity index (χ2n) is 7.21. The van der Waals surface area contributed by atoms with E-state index in [0.717, 1.165) is 18.4 Å². The number of amides is 2. The topological polar surface area (TPSA) is 67.7 Å². The average molecular weight is 384 g/mol. The van der Waals surface area contributed by atoms with Crippen molar-refractivity contribution in [2.45, 2.75) is 32.9 Å². The monoisotopic (exact) mass is 384 g/mol. The highest BCUT2D eigenvalue weighted by Gasteiger charge is 2.30. The zero-order valence-corrected chi connectivity index (χ0v) is 16.6. The van der Waals surface area contributed by atoms with E-state index in [4.69, 9.17) is 4.74 Å². The van der Waals surface area contributed by atoms with E-state index in [1.54, 1.807) is 30.0 Å². The molecule has 7 heteroatoms. The lowest BCUT2D eigenvalue weighted by Gasteiger charge is -2.33. The molecule has 2 amide bonds. The van der Waals surface area contributed by atoms with Crippen LogP contribution in [0.1, 0.15) is 30.9 Å². The Morgan fingerprint density at radius 2 is 2.04 bits per heavy atom. The fourth-order valence-corrected chi connectivity index (χ4v) is 3.57. The van der Waals surface area contributed by atoms with Gasteiger partial charge >= 0.3 is 6.09 Å². The van der Waals surface area contributed by atoms with Crippen LogP contribution in [0.15, 0.2) is 42.7 Å². The Morgan fingerprint density at radius 1 is 1.25 bits per heavy atom. The van der Waals surface area contributed by atoms with Gasteiger partial charge < -0.3 is 14.5 Å². The third-order valence-electron chi connectivity index (χ3n) is 4.97. The van der Waals surface area contributed by atoms with E-state index >= 15 is 0 Å². The Hall–Kier alpha value is -2.83. The van der Waals surface area contributed by atoms with Gasteiger partial charge in [-0.2, -0.15) is 5.10 Å². The molecule has 2 heterocycles. The quantitative estimate of drug-likeness (QED) is 0.768. The van der Waals surface area contributed by atoms with Crippen LogP contribution in [-0.2, 0) is 22.6 Å². The largest absolute Gasteiger partial charge is 0.450 e. The number of nitrogens with zero attached hydrogens (tertiary/aromatic N) is 4. The number of hydrogen-bond acceptors (Lipinski definition) is 4. The van der Waals surface area contributed by atoms with Gasteiger partial charge in [-0.05, 0) is 25.3 Å². The summed E-state index contributed by atoms with van der Waals surface area (Å²) in [5.74, 6) is -0.118. The van der Waals surface area contributed by atoms with E-state index in [1.807, 2.05) is 29.1 Å². The molecule has 2 aromatic rings. The summed E-state index contributed by atoms with van der Waals surface area (Å²) in [6, 6.07) is 10.1. The lowest BCUT2D eigenvalue weighted by Crippen LogP contribution is -2.45. The smallest absolute Gasteiger partial charge is 0.409 e. The van der Waals surface area contributed by atoms with Crippen molar-refractivity contribution in [1.82, 2.24) is 19.6 Å². The summed E-state index contributed by atoms with van der Waals surface area (Å²) in [7, 11) is 1.81. The van der Waals surface area contributed by atoms with Crippen LogP contribution in [0.25, 0.3) is 0 Å². The summed E-state index contributed by atoms with van der Waals surface area (Å²) >= 11 is 0. The molecule has 1 aliphatic rings. The highest BCUT2D eigenvalue weighted by atomic mass is 16.6. The fourth-order valence-electron chi connectivity index (χ4n) is 3.57. The van der Waals surface area contributed by atoms with Crippen molar-refractivity contribution in [3.8, 4) is 0 Å². The number of ether oxygens (including phenoxy) is 1. The molecule has 1 aromatic carbocycles. The Balaban J connectivity index is 1.54. The predicted molar refractivity (Wildman–Crippen MR) is 106 cm³/mol. The minimum atomic E-state index is -0.329. The zero-order chi connectivity index (χ0) is 19.9. The van der Waals surface area contributed by atoms with Crippen LogP contribution in [0, 0.1) is 5.92 Å². The first-order valence-electron chi connectivity index (χ1n) is 9.78. The van der Waals surface area contributed by atoms with E-state index in [-0.39, 0.29) is 17.9 Å². The molecule has 1 aliphatic heterocycles. The number of hydrogen-bond donors (Lipinski definition) is 0. The summed E-state index contributed by atoms with van der Waals surface area (Å²) in [5, 5.41) is 4.40. The van der Waals surface area contributed by atoms with Gasteiger partial charge in [0.2, 0.25) is 5.91 Å². The van der Waals surface area contributed by atoms with Gasteiger partial charge in [0.25, 0.3) is 0 Å². The maximum atomic E-state index is 12.8. The maximum Gasteiger partial charge on any atom is 0.409 e. The van der Waals surface area contributed by atoms with Gasteiger partial charge in [0.15, 0.2) is 0 Å². The van der Waals surface area contributed by atoms with Gasteiger partial charge in [-0.15, -0.1) is 0 Å². The van der Waals surface area contributed by atoms with Gasteiger partial charge in [0.1, 0.15) is 0 Å². The standard InChI is InChI=1S/C21H28N4O3/c1-3-28-21(27)24-11-7-10-19(16-24)20(26)23(2)13-18-12-22-25(15-18)14-17-8-5-4-6-9-17/h4-6,8-9,12,15,19H,3,7,10-11,13-14,16H2,1-2H3. The van der Waals surface area contributed by atoms with E-state index in [2.05, 4.69) is 17.2 Å². The van der Waals surface area contributed by atoms with Crippen LogP contribution in [0.3, 0.4) is 0 Å². The molecule has 1 fully saturated rings. The Kier molecular flexibility index (Phi) is 6.68. The number of benzene rings is 1. The Labute approximate surface area is 165 Å². The first kappa shape index (κ1) is 19.9. The molecule has 0 N–H and O–H groups in total. The number of rotatable bonds is 6. The van der Waals surface area contributed by atoms with Crippen molar-refractivity contribution in [2.75, 3.05) is 26.7 Å². The highest BCUT2D eigenvalue weighted by molar-refractivity contribution is 5.80. The maximum absolute atomic E-state index is 12.8. The first-order chi connectivity index (χ1) is 13.6. The lowest BCUT2D eigenvalue weighted by atomic mass is 9.97. The molecule has 0 bridgehead atoms. The molecule has 28 heavy (non-hydrogen) atoms. The predicted octanol–water partition coefficient (Wildman–Crippen LogP) is 2.76. The minimum Gasteiger partial charge on any atom is -0.450 e. The van der Waals surface area contributed by atoms with Crippen LogP contribution in [0.4, 0.5) is 4.79 Å². The Morgan fingerprint density at radius 3 is 2.79 bits per heavy atom. The Bertz CT molecular complexity index is 790. The number of carbonyl (C=O) groups is 2. The van der Waals surface area contributed by atoms with Crippen molar-refractivity contribution in [2.24, 2.45) is 5.92 Å². The number of likely N-dealkylation sites (tertiary alicyclic amines) is 1. The van der Waals surface area contributed by atoms with Gasteiger partial charge in [-0.1, -0.05) is 30.3 Å². The third kappa shape index (κ3) is 5.12. The highest BCUT2D eigenvalue weighted by Crippen LogP contribution is 2.20. The first-order valence-corrected chi connectivity index (χ1v) is 9.78. The number of aromatic nitrogens is 2. The molecule has 7 nitrogen and oxygen atoms in total. The molecule has 150 valence electrons. The molecule has 0 radical (unpaired) electrons. The molecular formula is C21H28N4O3. The normalized spacial score (nSPS) is 16.6. The van der Waals surface area contributed by atoms with E-state index in [0.29, 0.717) is 32.8 Å². The third-order valence-corrected chi connectivity index (χ3v) is 4.97. The summed E-state index contributed by atoms with van der Waals surface area (Å²) in [5.41, 5.74) is 2.17. The summed E-state index contributed by atoms with van der Waals surface area (Å²) < 4.78 is 6.95. The molecule has 1 saturated heterocycles. The number of piperidine rings is 1. The second-order valence-corrected chi connectivity index (χ2v) is 7.21. The lowest BCUT2D eigenvalue weighted by molar-refractivity contribution is -0.136. The molecular weight excluding hydrogens is 356 g/mol. The molecule has 1 unspecified atom stereocenters. The van der Waals surface area contributed by atoms with Crippen LogP contribution in [-0.4, -0.2) is 58.3 Å². The van der Waals surface area contributed by atoms with E-state index < -0.39 is 0 Å². The van der Waals surface area contributed by atoms with Crippen molar-refractivity contribution >= 4 is 12.0 Å². The summed E-state index contributed by atoms with van der Waals surface area (Å²) in [4.78, 5) is 28.2. The van der Waals surface area contributed by atoms with E-state index in [9.17, 15) is 9.59 Å². The van der Waals surface area contributed by atoms with Gasteiger partial charge in [0, 0.05) is 38.4 Å². The van der Waals surface area contributed by atoms with E-state index in [1.165, 1.54) is 5.56 Å². The summed E-state index contributed by atoms with van der Waals surface area (Å²) in [6.45, 7) is 4.42. The second kappa shape index (κ2) is 9.39. The zero-order valence-electron chi connectivity index (χ0n) is 16.6. The van der Waals surface area contributed by atoms with Crippen LogP contribution in [0.5, 0.6) is 0 Å². The fraction of sp³-hybridized carbons (Fsp3) is 0.476. The SMILES string of the molecule is CCOC(=O)N1CCCC(C(=O)N(C)Cc2cnn(Cc3ccccc3)c2)C1. The molecule has 0 saturated carbocycles. The molecule has 3 rings (SSSR count). The van der Waals surface area contributed by atoms with Gasteiger partial charge in [-0.3, -0.25) is 9.48 Å². The molecule has 0 aliphatic carbocycles. The van der Waals surface area contributed by atoms with Crippen LogP contribution in [0.2, 0.25) is 0 Å². The van der Waals surface area contributed by atoms with Crippen molar-refractivity contribution in [3.05, 3.63) is 53.9 Å². The van der Waals surface area contributed by atoms with Crippen molar-refractivity contribution in [1.29, 1.82) is 0 Å². The summed E-state index contributed by atoms with van der Waals surface area (Å²) in [6.07, 6.45) is 5.07. The molecule has 1 atom stereocenters. The van der Waals surface area contributed by atoms with Crippen LogP contribution >= 0.6 is 0 Å². The van der Waals surface area contributed by atoms with Gasteiger partial charge in [0.05, 0.1) is 25.3 Å². The average Bonchev–Trinajstić information content (AvgIpc) is 3.15. The van der Waals surface area contributed by atoms with Crippen LogP contribution < -0.4 is 0 Å².